The molecule has 0 atom stereocenters. The summed E-state index contributed by atoms with van der Waals surface area (Å²) in [6.07, 6.45) is 1.61. The molecule has 5 heteroatoms. The number of amides is 1. The Morgan fingerprint density at radius 2 is 1.88 bits per heavy atom. The molecule has 4 nitrogen and oxygen atoms in total. The molecule has 0 saturated carbocycles. The lowest BCUT2D eigenvalue weighted by molar-refractivity contribution is 0.0959. The first-order valence-corrected chi connectivity index (χ1v) is 8.74. The van der Waals surface area contributed by atoms with Gasteiger partial charge in [0, 0.05) is 0 Å². The Balaban J connectivity index is 1.50. The van der Waals surface area contributed by atoms with Crippen LogP contribution >= 0.6 is 11.3 Å². The lowest BCUT2D eigenvalue weighted by atomic mass is 10.2. The van der Waals surface area contributed by atoms with Crippen molar-refractivity contribution in [3.05, 3.63) is 87.6 Å². The van der Waals surface area contributed by atoms with E-state index < -0.39 is 0 Å². The van der Waals surface area contributed by atoms with Crippen LogP contribution in [0.2, 0.25) is 0 Å². The van der Waals surface area contributed by atoms with Crippen LogP contribution in [0.3, 0.4) is 0 Å². The minimum atomic E-state index is -0.204. The minimum Gasteiger partial charge on any atom is -0.489 e. The second kappa shape index (κ2) is 8.26. The summed E-state index contributed by atoms with van der Waals surface area (Å²) in [5.74, 6) is 0.588. The fourth-order valence-electron chi connectivity index (χ4n) is 2.13. The highest BCUT2D eigenvalue weighted by molar-refractivity contribution is 7.12. The zero-order valence-corrected chi connectivity index (χ0v) is 14.6. The van der Waals surface area contributed by atoms with E-state index in [9.17, 15) is 4.79 Å². The molecule has 0 spiro atoms. The van der Waals surface area contributed by atoms with Gasteiger partial charge in [-0.2, -0.15) is 5.10 Å². The highest BCUT2D eigenvalue weighted by Crippen LogP contribution is 2.14. The Morgan fingerprint density at radius 1 is 1.12 bits per heavy atom. The molecule has 0 saturated heterocycles. The Hall–Kier alpha value is -2.92. The maximum atomic E-state index is 11.8. The lowest BCUT2D eigenvalue weighted by Crippen LogP contribution is -2.16. The van der Waals surface area contributed by atoms with Crippen LogP contribution in [0, 0.1) is 6.92 Å². The SMILES string of the molecule is Cc1ccc(COc2ccc(/C=N/NC(=O)c3cccs3)cc2)cc1. The number of hydrazone groups is 1. The normalized spacial score (nSPS) is 10.8. The van der Waals surface area contributed by atoms with Crippen LogP contribution in [0.5, 0.6) is 5.75 Å². The third-order valence-corrected chi connectivity index (χ3v) is 4.40. The zero-order valence-electron chi connectivity index (χ0n) is 13.8. The van der Waals surface area contributed by atoms with Gasteiger partial charge in [-0.3, -0.25) is 4.79 Å². The molecule has 0 aliphatic heterocycles. The molecule has 1 heterocycles. The minimum absolute atomic E-state index is 0.204. The molecular formula is C20H18N2O2S. The van der Waals surface area contributed by atoms with Gasteiger partial charge in [-0.15, -0.1) is 11.3 Å². The van der Waals surface area contributed by atoms with Crippen molar-refractivity contribution in [1.82, 2.24) is 5.43 Å². The Kier molecular flexibility index (Phi) is 5.59. The molecule has 2 aromatic carbocycles. The fourth-order valence-corrected chi connectivity index (χ4v) is 2.74. The molecule has 3 aromatic rings. The highest BCUT2D eigenvalue weighted by atomic mass is 32.1. The third kappa shape index (κ3) is 5.02. The quantitative estimate of drug-likeness (QED) is 0.529. The van der Waals surface area contributed by atoms with Crippen molar-refractivity contribution in [2.75, 3.05) is 0 Å². The van der Waals surface area contributed by atoms with Crippen LogP contribution in [-0.4, -0.2) is 12.1 Å². The largest absolute Gasteiger partial charge is 0.489 e. The van der Waals surface area contributed by atoms with E-state index in [1.54, 1.807) is 12.3 Å². The van der Waals surface area contributed by atoms with E-state index >= 15 is 0 Å². The number of nitrogens with zero attached hydrogens (tertiary/aromatic N) is 1. The predicted molar refractivity (Wildman–Crippen MR) is 101 cm³/mol. The molecule has 1 aromatic heterocycles. The standard InChI is InChI=1S/C20H18N2O2S/c1-15-4-6-17(7-5-15)14-24-18-10-8-16(9-11-18)13-21-22-20(23)19-3-2-12-25-19/h2-13H,14H2,1H3,(H,22,23)/b21-13+. The number of nitrogens with one attached hydrogen (secondary N) is 1. The van der Waals surface area contributed by atoms with Crippen LogP contribution in [-0.2, 0) is 6.61 Å². The van der Waals surface area contributed by atoms with Crippen LogP contribution in [0.15, 0.2) is 71.1 Å². The number of carbonyl (C=O) groups excluding carboxylic acids is 1. The maximum absolute atomic E-state index is 11.8. The molecule has 0 aliphatic rings. The Labute approximate surface area is 150 Å². The average Bonchev–Trinajstić information content (AvgIpc) is 3.17. The van der Waals surface area contributed by atoms with Crippen molar-refractivity contribution in [2.45, 2.75) is 13.5 Å². The molecule has 126 valence electrons. The van der Waals surface area contributed by atoms with Gasteiger partial charge in [0.2, 0.25) is 0 Å². The van der Waals surface area contributed by atoms with Crippen LogP contribution in [0.4, 0.5) is 0 Å². The Morgan fingerprint density at radius 3 is 2.56 bits per heavy atom. The first-order valence-electron chi connectivity index (χ1n) is 7.86. The monoisotopic (exact) mass is 350 g/mol. The molecule has 0 aliphatic carbocycles. The van der Waals surface area contributed by atoms with E-state index in [-0.39, 0.29) is 5.91 Å². The smallest absolute Gasteiger partial charge is 0.281 e. The van der Waals surface area contributed by atoms with Crippen molar-refractivity contribution in [1.29, 1.82) is 0 Å². The number of thiophene rings is 1. The van der Waals surface area contributed by atoms with Gasteiger partial charge in [-0.1, -0.05) is 35.9 Å². The van der Waals surface area contributed by atoms with Crippen LogP contribution in [0.1, 0.15) is 26.4 Å². The summed E-state index contributed by atoms with van der Waals surface area (Å²) < 4.78 is 5.77. The first-order chi connectivity index (χ1) is 12.2. The lowest BCUT2D eigenvalue weighted by Gasteiger charge is -2.06. The number of hydrogen-bond donors (Lipinski definition) is 1. The molecule has 0 fully saturated rings. The van der Waals surface area contributed by atoms with Crippen molar-refractivity contribution < 1.29 is 9.53 Å². The van der Waals surface area contributed by atoms with Crippen molar-refractivity contribution in [2.24, 2.45) is 5.10 Å². The summed E-state index contributed by atoms with van der Waals surface area (Å²) in [7, 11) is 0. The molecule has 0 radical (unpaired) electrons. The summed E-state index contributed by atoms with van der Waals surface area (Å²) in [5.41, 5.74) is 5.76. The molecule has 0 unspecified atom stereocenters. The highest BCUT2D eigenvalue weighted by Gasteiger charge is 2.03. The van der Waals surface area contributed by atoms with Gasteiger partial charge in [0.15, 0.2) is 0 Å². The van der Waals surface area contributed by atoms with E-state index in [0.717, 1.165) is 16.9 Å². The first kappa shape index (κ1) is 16.9. The Bertz CT molecular complexity index is 838. The maximum Gasteiger partial charge on any atom is 0.281 e. The van der Waals surface area contributed by atoms with Gasteiger partial charge in [0.25, 0.3) is 5.91 Å². The van der Waals surface area contributed by atoms with E-state index in [2.05, 4.69) is 41.7 Å². The number of aryl methyl sites for hydroxylation is 1. The fraction of sp³-hybridized carbons (Fsp3) is 0.100. The molecule has 25 heavy (non-hydrogen) atoms. The van der Waals surface area contributed by atoms with Crippen LogP contribution in [0.25, 0.3) is 0 Å². The van der Waals surface area contributed by atoms with Gasteiger partial charge in [0.05, 0.1) is 11.1 Å². The van der Waals surface area contributed by atoms with Crippen molar-refractivity contribution in [3.63, 3.8) is 0 Å². The van der Waals surface area contributed by atoms with E-state index in [1.165, 1.54) is 16.9 Å². The molecule has 3 rings (SSSR count). The summed E-state index contributed by atoms with van der Waals surface area (Å²) in [6.45, 7) is 2.60. The second-order valence-electron chi connectivity index (χ2n) is 5.52. The summed E-state index contributed by atoms with van der Waals surface area (Å²) in [5, 5.41) is 5.83. The number of carbonyl (C=O) groups is 1. The third-order valence-electron chi connectivity index (χ3n) is 3.53. The summed E-state index contributed by atoms with van der Waals surface area (Å²) >= 11 is 1.38. The zero-order chi connectivity index (χ0) is 17.5. The molecular weight excluding hydrogens is 332 g/mol. The number of rotatable bonds is 6. The van der Waals surface area contributed by atoms with Crippen LogP contribution < -0.4 is 10.2 Å². The van der Waals surface area contributed by atoms with Gasteiger partial charge in [0.1, 0.15) is 12.4 Å². The number of benzene rings is 2. The molecule has 1 N–H and O–H groups in total. The molecule has 0 bridgehead atoms. The van der Waals surface area contributed by atoms with Crippen molar-refractivity contribution in [3.8, 4) is 5.75 Å². The van der Waals surface area contributed by atoms with Gasteiger partial charge in [-0.25, -0.2) is 5.43 Å². The summed E-state index contributed by atoms with van der Waals surface area (Å²) in [6, 6.07) is 19.4. The predicted octanol–water partition coefficient (Wildman–Crippen LogP) is 4.40. The average molecular weight is 350 g/mol. The molecule has 1 amide bonds. The summed E-state index contributed by atoms with van der Waals surface area (Å²) in [4.78, 5) is 12.4. The van der Waals surface area contributed by atoms with E-state index in [1.807, 2.05) is 35.7 Å². The van der Waals surface area contributed by atoms with Gasteiger partial charge in [-0.05, 0) is 53.8 Å². The van der Waals surface area contributed by atoms with Crippen molar-refractivity contribution >= 4 is 23.5 Å². The van der Waals surface area contributed by atoms with E-state index in [4.69, 9.17) is 4.74 Å². The second-order valence-corrected chi connectivity index (χ2v) is 6.47. The van der Waals surface area contributed by atoms with E-state index in [0.29, 0.717) is 11.5 Å². The van der Waals surface area contributed by atoms with Gasteiger partial charge >= 0.3 is 0 Å². The number of hydrogen-bond acceptors (Lipinski definition) is 4. The topological polar surface area (TPSA) is 50.7 Å². The van der Waals surface area contributed by atoms with Gasteiger partial charge < -0.3 is 4.74 Å². The number of ether oxygens (including phenoxy) is 1.